The molecule has 1 aromatic heterocycles. The molecule has 0 aliphatic carbocycles. The van der Waals surface area contributed by atoms with Gasteiger partial charge in [0.25, 0.3) is 0 Å². The summed E-state index contributed by atoms with van der Waals surface area (Å²) in [6.07, 6.45) is 4.29. The van der Waals surface area contributed by atoms with Crippen LogP contribution >= 0.6 is 0 Å². The molecule has 3 rings (SSSR count). The van der Waals surface area contributed by atoms with Crippen LogP contribution in [0.25, 0.3) is 0 Å². The Balaban J connectivity index is 1.70. The minimum absolute atomic E-state index is 0.0724. The fraction of sp³-hybridized carbons (Fsp3) is 0.368. The number of carbonyl (C=O) groups excluding carboxylic acids is 1. The van der Waals surface area contributed by atoms with Gasteiger partial charge in [-0.3, -0.25) is 4.98 Å². The van der Waals surface area contributed by atoms with Gasteiger partial charge in [0.05, 0.1) is 20.3 Å². The van der Waals surface area contributed by atoms with Gasteiger partial charge in [-0.2, -0.15) is 0 Å². The molecular formula is C19H23N3O3. The van der Waals surface area contributed by atoms with E-state index in [9.17, 15) is 4.79 Å². The van der Waals surface area contributed by atoms with Crippen LogP contribution < -0.4 is 14.8 Å². The second-order valence-corrected chi connectivity index (χ2v) is 6.10. The number of carbonyl (C=O) groups is 1. The second-order valence-electron chi connectivity index (χ2n) is 6.10. The number of benzene rings is 1. The van der Waals surface area contributed by atoms with Crippen molar-refractivity contribution in [2.24, 2.45) is 0 Å². The third-order valence-corrected chi connectivity index (χ3v) is 4.53. The molecule has 25 heavy (non-hydrogen) atoms. The molecule has 0 bridgehead atoms. The molecule has 1 atom stereocenters. The molecule has 6 heteroatoms. The summed E-state index contributed by atoms with van der Waals surface area (Å²) < 4.78 is 10.7. The second kappa shape index (κ2) is 7.42. The molecule has 2 amide bonds. The third kappa shape index (κ3) is 3.68. The summed E-state index contributed by atoms with van der Waals surface area (Å²) in [5.74, 6) is 1.41. The smallest absolute Gasteiger partial charge is 0.318 e. The van der Waals surface area contributed by atoms with Crippen LogP contribution in [0.15, 0.2) is 36.7 Å². The van der Waals surface area contributed by atoms with E-state index in [1.54, 1.807) is 26.6 Å². The van der Waals surface area contributed by atoms with Gasteiger partial charge in [-0.1, -0.05) is 6.07 Å². The summed E-state index contributed by atoms with van der Waals surface area (Å²) in [6, 6.07) is 7.62. The Kier molecular flexibility index (Phi) is 5.07. The molecule has 0 saturated carbocycles. The molecular weight excluding hydrogens is 318 g/mol. The zero-order valence-corrected chi connectivity index (χ0v) is 14.8. The van der Waals surface area contributed by atoms with Crippen molar-refractivity contribution in [3.8, 4) is 11.5 Å². The van der Waals surface area contributed by atoms with Crippen molar-refractivity contribution < 1.29 is 14.3 Å². The first kappa shape index (κ1) is 17.1. The normalized spacial score (nSPS) is 14.4. The van der Waals surface area contributed by atoms with E-state index in [-0.39, 0.29) is 12.1 Å². The monoisotopic (exact) mass is 341 g/mol. The van der Waals surface area contributed by atoms with E-state index in [1.807, 2.05) is 36.1 Å². The topological polar surface area (TPSA) is 63.7 Å². The molecule has 0 radical (unpaired) electrons. The van der Waals surface area contributed by atoms with Crippen molar-refractivity contribution in [3.05, 3.63) is 53.3 Å². The van der Waals surface area contributed by atoms with Gasteiger partial charge in [0.15, 0.2) is 11.5 Å². The average Bonchev–Trinajstić information content (AvgIpc) is 2.66. The number of nitrogens with zero attached hydrogens (tertiary/aromatic N) is 2. The molecule has 1 aromatic carbocycles. The summed E-state index contributed by atoms with van der Waals surface area (Å²) in [5, 5.41) is 3.04. The Bertz CT molecular complexity index is 749. The molecule has 1 aliphatic rings. The number of ether oxygens (including phenoxy) is 2. The molecule has 0 saturated heterocycles. The SMILES string of the molecule is COc1cc2c(cc1OC)CN(C(=O)N[C@H](C)c1cccnc1)CC2. The van der Waals surface area contributed by atoms with Crippen LogP contribution in [0.1, 0.15) is 29.7 Å². The molecule has 0 spiro atoms. The summed E-state index contributed by atoms with van der Waals surface area (Å²) in [6.45, 7) is 3.19. The molecule has 132 valence electrons. The van der Waals surface area contributed by atoms with E-state index in [4.69, 9.17) is 9.47 Å². The summed E-state index contributed by atoms with van der Waals surface area (Å²) in [4.78, 5) is 18.5. The Labute approximate surface area is 147 Å². The van der Waals surface area contributed by atoms with E-state index in [1.165, 1.54) is 5.56 Å². The predicted molar refractivity (Wildman–Crippen MR) is 94.8 cm³/mol. The number of fused-ring (bicyclic) bond motifs is 1. The van der Waals surface area contributed by atoms with E-state index < -0.39 is 0 Å². The van der Waals surface area contributed by atoms with Crippen LogP contribution in [-0.2, 0) is 13.0 Å². The number of hydrogen-bond donors (Lipinski definition) is 1. The fourth-order valence-corrected chi connectivity index (χ4v) is 3.05. The Hall–Kier alpha value is -2.76. The first-order valence-corrected chi connectivity index (χ1v) is 8.31. The van der Waals surface area contributed by atoms with Gasteiger partial charge < -0.3 is 19.7 Å². The van der Waals surface area contributed by atoms with Gasteiger partial charge in [0.1, 0.15) is 0 Å². The van der Waals surface area contributed by atoms with Gasteiger partial charge in [0, 0.05) is 25.5 Å². The Morgan fingerprint density at radius 2 is 1.96 bits per heavy atom. The zero-order chi connectivity index (χ0) is 17.8. The molecule has 2 heterocycles. The maximum Gasteiger partial charge on any atom is 0.318 e. The number of rotatable bonds is 4. The highest BCUT2D eigenvalue weighted by atomic mass is 16.5. The van der Waals surface area contributed by atoms with Crippen LogP contribution in [0.3, 0.4) is 0 Å². The zero-order valence-electron chi connectivity index (χ0n) is 14.8. The van der Waals surface area contributed by atoms with Crippen LogP contribution in [0.2, 0.25) is 0 Å². The lowest BCUT2D eigenvalue weighted by atomic mass is 9.99. The Morgan fingerprint density at radius 1 is 1.24 bits per heavy atom. The maximum atomic E-state index is 12.6. The van der Waals surface area contributed by atoms with Crippen LogP contribution in [0, 0.1) is 0 Å². The largest absolute Gasteiger partial charge is 0.493 e. The fourth-order valence-electron chi connectivity index (χ4n) is 3.05. The van der Waals surface area contributed by atoms with E-state index in [0.717, 1.165) is 23.3 Å². The average molecular weight is 341 g/mol. The van der Waals surface area contributed by atoms with Crippen LogP contribution in [-0.4, -0.2) is 36.7 Å². The first-order chi connectivity index (χ1) is 12.1. The lowest BCUT2D eigenvalue weighted by molar-refractivity contribution is 0.189. The summed E-state index contributed by atoms with van der Waals surface area (Å²) >= 11 is 0. The van der Waals surface area contributed by atoms with E-state index in [0.29, 0.717) is 18.8 Å². The molecule has 0 unspecified atom stereocenters. The number of methoxy groups -OCH3 is 2. The number of nitrogens with one attached hydrogen (secondary N) is 1. The lowest BCUT2D eigenvalue weighted by Gasteiger charge is -2.30. The molecule has 1 aliphatic heterocycles. The number of urea groups is 1. The maximum absolute atomic E-state index is 12.6. The Morgan fingerprint density at radius 3 is 2.60 bits per heavy atom. The van der Waals surface area contributed by atoms with E-state index in [2.05, 4.69) is 10.3 Å². The highest BCUT2D eigenvalue weighted by Crippen LogP contribution is 2.33. The highest BCUT2D eigenvalue weighted by Gasteiger charge is 2.23. The van der Waals surface area contributed by atoms with Crippen LogP contribution in [0.5, 0.6) is 11.5 Å². The van der Waals surface area contributed by atoms with Gasteiger partial charge >= 0.3 is 6.03 Å². The lowest BCUT2D eigenvalue weighted by Crippen LogP contribution is -2.43. The van der Waals surface area contributed by atoms with Gasteiger partial charge in [0.2, 0.25) is 0 Å². The third-order valence-electron chi connectivity index (χ3n) is 4.53. The molecule has 0 fully saturated rings. The van der Waals surface area contributed by atoms with Crippen molar-refractivity contribution in [3.63, 3.8) is 0 Å². The van der Waals surface area contributed by atoms with Crippen molar-refractivity contribution >= 4 is 6.03 Å². The van der Waals surface area contributed by atoms with Gasteiger partial charge in [-0.05, 0) is 48.2 Å². The number of aromatic nitrogens is 1. The summed E-state index contributed by atoms with van der Waals surface area (Å²) in [5.41, 5.74) is 3.27. The first-order valence-electron chi connectivity index (χ1n) is 8.31. The van der Waals surface area contributed by atoms with Gasteiger partial charge in [-0.25, -0.2) is 4.79 Å². The van der Waals surface area contributed by atoms with Gasteiger partial charge in [-0.15, -0.1) is 0 Å². The number of amides is 2. The summed E-state index contributed by atoms with van der Waals surface area (Å²) in [7, 11) is 3.25. The van der Waals surface area contributed by atoms with Crippen molar-refractivity contribution in [2.75, 3.05) is 20.8 Å². The minimum Gasteiger partial charge on any atom is -0.493 e. The molecule has 6 nitrogen and oxygen atoms in total. The molecule has 2 aromatic rings. The van der Waals surface area contributed by atoms with Crippen molar-refractivity contribution in [1.29, 1.82) is 0 Å². The number of hydrogen-bond acceptors (Lipinski definition) is 4. The quantitative estimate of drug-likeness (QED) is 0.929. The molecule has 1 N–H and O–H groups in total. The minimum atomic E-state index is -0.0898. The standard InChI is InChI=1S/C19H23N3O3/c1-13(15-5-4-7-20-11-15)21-19(23)22-8-6-14-9-17(24-2)18(25-3)10-16(14)12-22/h4-5,7,9-11,13H,6,8,12H2,1-3H3,(H,21,23)/t13-/m1/s1. The van der Waals surface area contributed by atoms with Crippen molar-refractivity contribution in [2.45, 2.75) is 25.9 Å². The number of pyridine rings is 1. The van der Waals surface area contributed by atoms with Crippen molar-refractivity contribution in [1.82, 2.24) is 15.2 Å². The van der Waals surface area contributed by atoms with E-state index >= 15 is 0 Å². The van der Waals surface area contributed by atoms with Crippen LogP contribution in [0.4, 0.5) is 4.79 Å². The predicted octanol–water partition coefficient (Wildman–Crippen LogP) is 2.93. The highest BCUT2D eigenvalue weighted by molar-refractivity contribution is 5.75.